The van der Waals surface area contributed by atoms with E-state index in [0.717, 1.165) is 20.1 Å². The van der Waals surface area contributed by atoms with E-state index in [1.54, 1.807) is 22.0 Å². The predicted molar refractivity (Wildman–Crippen MR) is 53.4 cm³/mol. The van der Waals surface area contributed by atoms with Crippen molar-refractivity contribution in [2.75, 3.05) is 0 Å². The van der Waals surface area contributed by atoms with Crippen LogP contribution in [0, 0.1) is 0 Å². The summed E-state index contributed by atoms with van der Waals surface area (Å²) in [6.45, 7) is 0. The van der Waals surface area contributed by atoms with E-state index in [-0.39, 0.29) is 0 Å². The normalized spacial score (nSPS) is 11.5. The Hall–Kier alpha value is -1.13. The van der Waals surface area contributed by atoms with Crippen molar-refractivity contribution < 1.29 is 0 Å². The lowest BCUT2D eigenvalue weighted by molar-refractivity contribution is 0.887. The number of thiazole rings is 1. The second-order valence-electron chi connectivity index (χ2n) is 2.67. The summed E-state index contributed by atoms with van der Waals surface area (Å²) in [5.41, 5.74) is 1.02. The average molecular weight is 210 g/mol. The van der Waals surface area contributed by atoms with Gasteiger partial charge in [-0.25, -0.2) is 4.52 Å². The number of fused-ring (bicyclic) bond motifs is 3. The van der Waals surface area contributed by atoms with Gasteiger partial charge in [0.1, 0.15) is 4.83 Å². The summed E-state index contributed by atoms with van der Waals surface area (Å²) in [7, 11) is 0. The number of hydrogen-bond acceptors (Lipinski definition) is 3. The first-order chi connectivity index (χ1) is 6.36. The maximum Gasteiger partial charge on any atom is 0.140 e. The van der Waals surface area contributed by atoms with Gasteiger partial charge in [0, 0.05) is 0 Å². The standard InChI is InChI=1S/C8H4ClN3S/c9-5-2-1-3-6-8(5)13-7-4-10-11-12(6)7/h1-4H. The quantitative estimate of drug-likeness (QED) is 0.570. The fourth-order valence-corrected chi connectivity index (χ4v) is 2.57. The Kier molecular flexibility index (Phi) is 1.36. The third kappa shape index (κ3) is 0.897. The van der Waals surface area contributed by atoms with Crippen molar-refractivity contribution in [1.29, 1.82) is 0 Å². The molecule has 0 aliphatic carbocycles. The zero-order chi connectivity index (χ0) is 8.84. The molecule has 0 fully saturated rings. The molecule has 0 spiro atoms. The highest BCUT2D eigenvalue weighted by atomic mass is 35.5. The maximum atomic E-state index is 6.03. The lowest BCUT2D eigenvalue weighted by Crippen LogP contribution is -1.82. The molecule has 64 valence electrons. The van der Waals surface area contributed by atoms with Crippen LogP contribution in [-0.2, 0) is 0 Å². The maximum absolute atomic E-state index is 6.03. The molecule has 0 unspecified atom stereocenters. The molecule has 3 aromatic rings. The highest BCUT2D eigenvalue weighted by molar-refractivity contribution is 7.24. The largest absolute Gasteiger partial charge is 0.202 e. The van der Waals surface area contributed by atoms with Crippen LogP contribution in [0.1, 0.15) is 0 Å². The van der Waals surface area contributed by atoms with Crippen molar-refractivity contribution in [3.8, 4) is 0 Å². The average Bonchev–Trinajstić information content (AvgIpc) is 2.65. The minimum absolute atomic E-state index is 0.771. The fourth-order valence-electron chi connectivity index (χ4n) is 1.33. The van der Waals surface area contributed by atoms with Crippen LogP contribution in [0.4, 0.5) is 0 Å². The van der Waals surface area contributed by atoms with Gasteiger partial charge in [0.25, 0.3) is 0 Å². The van der Waals surface area contributed by atoms with Gasteiger partial charge in [-0.3, -0.25) is 0 Å². The molecule has 1 aromatic carbocycles. The molecule has 3 rings (SSSR count). The Morgan fingerprint density at radius 3 is 3.23 bits per heavy atom. The van der Waals surface area contributed by atoms with Crippen LogP contribution in [0.25, 0.3) is 15.0 Å². The first-order valence-corrected chi connectivity index (χ1v) is 4.93. The molecule has 0 amide bonds. The highest BCUT2D eigenvalue weighted by Gasteiger charge is 2.07. The Balaban J connectivity index is 2.66. The van der Waals surface area contributed by atoms with Gasteiger partial charge in [-0.2, -0.15) is 0 Å². The molecule has 0 radical (unpaired) electrons. The number of aromatic nitrogens is 3. The van der Waals surface area contributed by atoms with E-state index in [9.17, 15) is 0 Å². The fraction of sp³-hybridized carbons (Fsp3) is 0. The summed E-state index contributed by atoms with van der Waals surface area (Å²) in [4.78, 5) is 1.02. The van der Waals surface area contributed by atoms with E-state index in [1.165, 1.54) is 0 Å². The van der Waals surface area contributed by atoms with Crippen molar-refractivity contribution in [3.63, 3.8) is 0 Å². The number of halogens is 1. The van der Waals surface area contributed by atoms with Gasteiger partial charge < -0.3 is 0 Å². The first kappa shape index (κ1) is 7.29. The van der Waals surface area contributed by atoms with E-state index in [1.807, 2.05) is 18.2 Å². The first-order valence-electron chi connectivity index (χ1n) is 3.74. The molecule has 0 saturated heterocycles. The molecule has 2 heterocycles. The van der Waals surface area contributed by atoms with Gasteiger partial charge in [0.05, 0.1) is 21.4 Å². The van der Waals surface area contributed by atoms with Crippen LogP contribution >= 0.6 is 22.9 Å². The van der Waals surface area contributed by atoms with E-state index in [0.29, 0.717) is 0 Å². The monoisotopic (exact) mass is 209 g/mol. The second-order valence-corrected chi connectivity index (χ2v) is 4.11. The van der Waals surface area contributed by atoms with Crippen LogP contribution in [0.15, 0.2) is 24.4 Å². The Morgan fingerprint density at radius 2 is 2.31 bits per heavy atom. The predicted octanol–water partition coefficient (Wildman–Crippen LogP) is 2.60. The van der Waals surface area contributed by atoms with Crippen molar-refractivity contribution in [1.82, 2.24) is 14.8 Å². The SMILES string of the molecule is Clc1cccc2c1sc1cnnn12. The molecule has 0 N–H and O–H groups in total. The number of rotatable bonds is 0. The molecule has 0 saturated carbocycles. The zero-order valence-corrected chi connectivity index (χ0v) is 8.01. The number of nitrogens with zero attached hydrogens (tertiary/aromatic N) is 3. The van der Waals surface area contributed by atoms with Crippen molar-refractivity contribution in [2.45, 2.75) is 0 Å². The lowest BCUT2D eigenvalue weighted by Gasteiger charge is -1.90. The summed E-state index contributed by atoms with van der Waals surface area (Å²) in [6.07, 6.45) is 1.74. The van der Waals surface area contributed by atoms with Gasteiger partial charge in [-0.05, 0) is 12.1 Å². The number of hydrogen-bond donors (Lipinski definition) is 0. The highest BCUT2D eigenvalue weighted by Crippen LogP contribution is 2.30. The lowest BCUT2D eigenvalue weighted by atomic mass is 10.3. The Morgan fingerprint density at radius 1 is 1.38 bits per heavy atom. The Bertz CT molecular complexity index is 583. The van der Waals surface area contributed by atoms with Crippen LogP contribution in [-0.4, -0.2) is 14.8 Å². The summed E-state index contributed by atoms with van der Waals surface area (Å²) < 4.78 is 2.86. The summed E-state index contributed by atoms with van der Waals surface area (Å²) in [5, 5.41) is 8.56. The molecular formula is C8H4ClN3S. The summed E-state index contributed by atoms with van der Waals surface area (Å²) in [6, 6.07) is 5.78. The zero-order valence-electron chi connectivity index (χ0n) is 6.44. The summed E-state index contributed by atoms with van der Waals surface area (Å²) >= 11 is 7.64. The smallest absolute Gasteiger partial charge is 0.140 e. The molecule has 0 bridgehead atoms. The van der Waals surface area contributed by atoms with Gasteiger partial charge in [0.2, 0.25) is 0 Å². The molecule has 13 heavy (non-hydrogen) atoms. The summed E-state index contributed by atoms with van der Waals surface area (Å²) in [5.74, 6) is 0. The van der Waals surface area contributed by atoms with E-state index < -0.39 is 0 Å². The van der Waals surface area contributed by atoms with Gasteiger partial charge >= 0.3 is 0 Å². The number of benzene rings is 1. The van der Waals surface area contributed by atoms with Crippen LogP contribution in [0.3, 0.4) is 0 Å². The van der Waals surface area contributed by atoms with Crippen molar-refractivity contribution >= 4 is 38.0 Å². The third-order valence-corrected chi connectivity index (χ3v) is 3.45. The molecule has 3 nitrogen and oxygen atoms in total. The van der Waals surface area contributed by atoms with Crippen LogP contribution in [0.5, 0.6) is 0 Å². The van der Waals surface area contributed by atoms with E-state index in [2.05, 4.69) is 10.3 Å². The Labute approximate surface area is 82.6 Å². The van der Waals surface area contributed by atoms with E-state index >= 15 is 0 Å². The van der Waals surface area contributed by atoms with Gasteiger partial charge in [0.15, 0.2) is 0 Å². The molecule has 0 atom stereocenters. The van der Waals surface area contributed by atoms with Crippen molar-refractivity contribution in [3.05, 3.63) is 29.4 Å². The van der Waals surface area contributed by atoms with Gasteiger partial charge in [-0.1, -0.05) is 22.9 Å². The second kappa shape index (κ2) is 2.43. The topological polar surface area (TPSA) is 30.2 Å². The minimum Gasteiger partial charge on any atom is -0.202 e. The molecule has 0 aliphatic rings. The van der Waals surface area contributed by atoms with Crippen molar-refractivity contribution in [2.24, 2.45) is 0 Å². The third-order valence-electron chi connectivity index (χ3n) is 1.90. The van der Waals surface area contributed by atoms with Gasteiger partial charge in [-0.15, -0.1) is 16.4 Å². The molecular weight excluding hydrogens is 206 g/mol. The minimum atomic E-state index is 0.771. The molecule has 0 aliphatic heterocycles. The molecule has 5 heteroatoms. The van der Waals surface area contributed by atoms with Crippen LogP contribution in [0.2, 0.25) is 5.02 Å². The van der Waals surface area contributed by atoms with Crippen LogP contribution < -0.4 is 0 Å². The van der Waals surface area contributed by atoms with E-state index in [4.69, 9.17) is 11.6 Å². The molecule has 2 aromatic heterocycles.